The minimum absolute atomic E-state index is 0.0602. The van der Waals surface area contributed by atoms with Gasteiger partial charge >= 0.3 is 0 Å². The van der Waals surface area contributed by atoms with E-state index in [1.807, 2.05) is 19.1 Å². The summed E-state index contributed by atoms with van der Waals surface area (Å²) in [5.41, 5.74) is 2.15. The molecule has 3 aromatic carbocycles. The van der Waals surface area contributed by atoms with Crippen LogP contribution >= 0.6 is 35.0 Å². The monoisotopic (exact) mass is 531 g/mol. The number of hydrogen-bond acceptors (Lipinski definition) is 5. The van der Waals surface area contributed by atoms with E-state index < -0.39 is 11.1 Å². The number of halogens is 3. The summed E-state index contributed by atoms with van der Waals surface area (Å²) in [7, 11) is 0. The van der Waals surface area contributed by atoms with E-state index in [0.29, 0.717) is 39.3 Å². The number of amides is 2. The minimum Gasteiger partial charge on any atom is -0.490 e. The van der Waals surface area contributed by atoms with Crippen LogP contribution in [0, 0.1) is 5.82 Å². The number of rotatable bonds is 8. The highest BCUT2D eigenvalue weighted by atomic mass is 35.5. The molecule has 0 bridgehead atoms. The molecule has 35 heavy (non-hydrogen) atoms. The summed E-state index contributed by atoms with van der Waals surface area (Å²) in [6.45, 7) is 2.54. The van der Waals surface area contributed by atoms with Crippen molar-refractivity contribution in [3.8, 4) is 11.5 Å². The average molecular weight is 532 g/mol. The Kier molecular flexibility index (Phi) is 8.00. The van der Waals surface area contributed by atoms with Crippen molar-refractivity contribution in [2.45, 2.75) is 20.1 Å². The van der Waals surface area contributed by atoms with Crippen molar-refractivity contribution in [3.63, 3.8) is 0 Å². The molecule has 180 valence electrons. The Morgan fingerprint density at radius 1 is 0.971 bits per heavy atom. The zero-order valence-corrected chi connectivity index (χ0v) is 20.9. The summed E-state index contributed by atoms with van der Waals surface area (Å²) in [5.74, 6) is -0.0115. The lowest BCUT2D eigenvalue weighted by Crippen LogP contribution is -2.27. The number of thioether (sulfide) groups is 1. The fourth-order valence-corrected chi connectivity index (χ4v) is 4.61. The third-order valence-corrected chi connectivity index (χ3v) is 6.49. The fraction of sp³-hybridized carbons (Fsp3) is 0.154. The van der Waals surface area contributed by atoms with Gasteiger partial charge in [0.1, 0.15) is 12.4 Å². The third-order valence-electron chi connectivity index (χ3n) is 5.05. The van der Waals surface area contributed by atoms with Crippen LogP contribution in [0.4, 0.5) is 9.18 Å². The van der Waals surface area contributed by atoms with Crippen molar-refractivity contribution >= 4 is 52.2 Å². The van der Waals surface area contributed by atoms with Crippen molar-refractivity contribution in [2.75, 3.05) is 6.61 Å². The highest BCUT2D eigenvalue weighted by molar-refractivity contribution is 8.18. The number of nitrogens with zero attached hydrogens (tertiary/aromatic N) is 1. The molecule has 1 fully saturated rings. The van der Waals surface area contributed by atoms with Gasteiger partial charge in [0.15, 0.2) is 11.5 Å². The number of carbonyl (C=O) groups excluding carboxylic acids is 2. The summed E-state index contributed by atoms with van der Waals surface area (Å²) in [6, 6.07) is 16.3. The highest BCUT2D eigenvalue weighted by Gasteiger charge is 2.35. The molecule has 9 heteroatoms. The van der Waals surface area contributed by atoms with Gasteiger partial charge in [0.05, 0.1) is 23.1 Å². The van der Waals surface area contributed by atoms with E-state index in [0.717, 1.165) is 22.2 Å². The van der Waals surface area contributed by atoms with Crippen LogP contribution in [0.25, 0.3) is 6.08 Å². The smallest absolute Gasteiger partial charge is 0.293 e. The maximum absolute atomic E-state index is 13.2. The van der Waals surface area contributed by atoms with E-state index >= 15 is 0 Å². The number of benzene rings is 3. The Hall–Kier alpha value is -3.00. The van der Waals surface area contributed by atoms with Gasteiger partial charge in [-0.2, -0.15) is 0 Å². The molecule has 0 aliphatic carbocycles. The second-order valence-electron chi connectivity index (χ2n) is 7.57. The molecule has 3 aromatic rings. The first-order chi connectivity index (χ1) is 16.8. The number of hydrogen-bond donors (Lipinski definition) is 0. The molecule has 4 rings (SSSR count). The molecule has 0 saturated carbocycles. The molecule has 0 unspecified atom stereocenters. The van der Waals surface area contributed by atoms with Crippen LogP contribution in [-0.4, -0.2) is 22.7 Å². The Bertz CT molecular complexity index is 1280. The molecule has 1 aliphatic rings. The van der Waals surface area contributed by atoms with Gasteiger partial charge in [0, 0.05) is 5.02 Å². The summed E-state index contributed by atoms with van der Waals surface area (Å²) < 4.78 is 24.8. The van der Waals surface area contributed by atoms with Crippen molar-refractivity contribution in [3.05, 3.63) is 98.1 Å². The number of carbonyl (C=O) groups is 2. The maximum atomic E-state index is 13.2. The van der Waals surface area contributed by atoms with Gasteiger partial charge in [-0.15, -0.1) is 0 Å². The zero-order chi connectivity index (χ0) is 24.9. The van der Waals surface area contributed by atoms with Gasteiger partial charge in [-0.3, -0.25) is 14.5 Å². The molecular formula is C26H20Cl2FNO4S. The maximum Gasteiger partial charge on any atom is 0.293 e. The molecule has 0 radical (unpaired) electrons. The normalized spacial score (nSPS) is 14.6. The van der Waals surface area contributed by atoms with Crippen LogP contribution in [-0.2, 0) is 17.9 Å². The first-order valence-electron chi connectivity index (χ1n) is 10.7. The van der Waals surface area contributed by atoms with Gasteiger partial charge in [-0.05, 0) is 77.9 Å². The average Bonchev–Trinajstić information content (AvgIpc) is 3.08. The van der Waals surface area contributed by atoms with E-state index in [-0.39, 0.29) is 23.9 Å². The Labute approximate surface area is 216 Å². The largest absolute Gasteiger partial charge is 0.490 e. The standard InChI is InChI=1S/C26H20Cl2FNO4S/c1-2-33-22-12-18(11-21(28)24(22)34-15-17-3-7-19(27)8-4-17)13-23-25(31)30(26(32)35-23)14-16-5-9-20(29)10-6-16/h3-13H,2,14-15H2,1H3/b23-13-. The van der Waals surface area contributed by atoms with E-state index in [2.05, 4.69) is 0 Å². The van der Waals surface area contributed by atoms with Crippen molar-refractivity contribution < 1.29 is 23.5 Å². The summed E-state index contributed by atoms with van der Waals surface area (Å²) in [5, 5.41) is 0.541. The molecular weight excluding hydrogens is 512 g/mol. The lowest BCUT2D eigenvalue weighted by molar-refractivity contribution is -0.123. The summed E-state index contributed by atoms with van der Waals surface area (Å²) in [6.07, 6.45) is 1.59. The van der Waals surface area contributed by atoms with Crippen LogP contribution in [0.3, 0.4) is 0 Å². The van der Waals surface area contributed by atoms with Crippen LogP contribution in [0.1, 0.15) is 23.6 Å². The second kappa shape index (κ2) is 11.2. The van der Waals surface area contributed by atoms with Crippen molar-refractivity contribution in [2.24, 2.45) is 0 Å². The molecule has 0 N–H and O–H groups in total. The molecule has 0 atom stereocenters. The van der Waals surface area contributed by atoms with E-state index in [1.165, 1.54) is 12.1 Å². The Balaban J connectivity index is 1.54. The van der Waals surface area contributed by atoms with Crippen LogP contribution in [0.15, 0.2) is 65.6 Å². The molecule has 0 aromatic heterocycles. The van der Waals surface area contributed by atoms with Gasteiger partial charge in [-0.1, -0.05) is 47.5 Å². The van der Waals surface area contributed by atoms with Crippen molar-refractivity contribution in [1.82, 2.24) is 4.90 Å². The Morgan fingerprint density at radius 2 is 1.66 bits per heavy atom. The number of ether oxygens (including phenoxy) is 2. The zero-order valence-electron chi connectivity index (χ0n) is 18.6. The van der Waals surface area contributed by atoms with E-state index in [9.17, 15) is 14.0 Å². The molecule has 0 spiro atoms. The van der Waals surface area contributed by atoms with Crippen molar-refractivity contribution in [1.29, 1.82) is 0 Å². The first kappa shape index (κ1) is 25.1. The second-order valence-corrected chi connectivity index (χ2v) is 9.41. The van der Waals surface area contributed by atoms with Gasteiger partial charge in [-0.25, -0.2) is 4.39 Å². The highest BCUT2D eigenvalue weighted by Crippen LogP contribution is 2.40. The van der Waals surface area contributed by atoms with Gasteiger partial charge in [0.2, 0.25) is 0 Å². The van der Waals surface area contributed by atoms with E-state index in [1.54, 1.807) is 42.5 Å². The number of imide groups is 1. The molecule has 1 saturated heterocycles. The molecule has 1 heterocycles. The minimum atomic E-state index is -0.429. The lowest BCUT2D eigenvalue weighted by Gasteiger charge is -2.15. The predicted molar refractivity (Wildman–Crippen MR) is 136 cm³/mol. The van der Waals surface area contributed by atoms with Crippen LogP contribution < -0.4 is 9.47 Å². The SMILES string of the molecule is CCOc1cc(/C=C2\SC(=O)N(Cc3ccc(F)cc3)C2=O)cc(Cl)c1OCc1ccc(Cl)cc1. The quantitative estimate of drug-likeness (QED) is 0.284. The van der Waals surface area contributed by atoms with Crippen LogP contribution in [0.5, 0.6) is 11.5 Å². The fourth-order valence-electron chi connectivity index (χ4n) is 3.37. The Morgan fingerprint density at radius 3 is 2.34 bits per heavy atom. The van der Waals surface area contributed by atoms with E-state index in [4.69, 9.17) is 32.7 Å². The third kappa shape index (κ3) is 6.17. The van der Waals surface area contributed by atoms with Gasteiger partial charge in [0.25, 0.3) is 11.1 Å². The molecule has 2 amide bonds. The predicted octanol–water partition coefficient (Wildman–Crippen LogP) is 7.35. The molecule has 5 nitrogen and oxygen atoms in total. The lowest BCUT2D eigenvalue weighted by atomic mass is 10.1. The summed E-state index contributed by atoms with van der Waals surface area (Å²) in [4.78, 5) is 26.7. The topological polar surface area (TPSA) is 55.8 Å². The summed E-state index contributed by atoms with van der Waals surface area (Å²) >= 11 is 13.3. The van der Waals surface area contributed by atoms with Crippen LogP contribution in [0.2, 0.25) is 10.0 Å². The first-order valence-corrected chi connectivity index (χ1v) is 12.2. The molecule has 1 aliphatic heterocycles. The van der Waals surface area contributed by atoms with Gasteiger partial charge < -0.3 is 9.47 Å².